The molecule has 0 radical (unpaired) electrons. The summed E-state index contributed by atoms with van der Waals surface area (Å²) in [4.78, 5) is 36.3. The van der Waals surface area contributed by atoms with Crippen LogP contribution >= 0.6 is 0 Å². The number of anilines is 1. The van der Waals surface area contributed by atoms with E-state index in [2.05, 4.69) is 16.4 Å². The van der Waals surface area contributed by atoms with Crippen molar-refractivity contribution in [1.29, 1.82) is 0 Å². The highest BCUT2D eigenvalue weighted by Gasteiger charge is 2.44. The largest absolute Gasteiger partial charge is 0.294 e. The van der Waals surface area contributed by atoms with Gasteiger partial charge >= 0.3 is 0 Å². The predicted octanol–water partition coefficient (Wildman–Crippen LogP) is 6.07. The fraction of sp³-hybridized carbons (Fsp3) is 0.128. The Morgan fingerprint density at radius 3 is 1.73 bits per heavy atom. The predicted molar refractivity (Wildman–Crippen MR) is 192 cm³/mol. The molecule has 0 saturated carbocycles. The van der Waals surface area contributed by atoms with Crippen molar-refractivity contribution in [2.75, 3.05) is 4.72 Å². The number of rotatable bonds is 11. The first-order valence-electron chi connectivity index (χ1n) is 15.7. The van der Waals surface area contributed by atoms with Gasteiger partial charge < -0.3 is 0 Å². The molecule has 10 heteroatoms. The van der Waals surface area contributed by atoms with Crippen LogP contribution in [0, 0.1) is 13.8 Å². The van der Waals surface area contributed by atoms with Gasteiger partial charge in [0.25, 0.3) is 11.5 Å². The van der Waals surface area contributed by atoms with Gasteiger partial charge in [0.05, 0.1) is 23.6 Å². The van der Waals surface area contributed by atoms with E-state index in [4.69, 9.17) is 4.98 Å². The van der Waals surface area contributed by atoms with Gasteiger partial charge in [-0.25, -0.2) is 27.7 Å². The smallest absolute Gasteiger partial charge is 0.278 e. The average Bonchev–Trinajstić information content (AvgIpc) is 3.42. The SMILES string of the molecule is C=NC(=O)Cc1c(C)nc(C(c2ccccc2)(c2ccccc2)c2ccccc2)n1-n1c(C)ccc(NS(=O)(=O)Cc2ccccc2)c1=O. The minimum absolute atomic E-state index is 0.150. The molecular formula is C39H35N5O4S. The zero-order chi connectivity index (χ0) is 34.6. The standard InChI is InChI=1S/C39H35N5O4S/c1-28-24-25-34(42-49(47,48)27-30-16-8-4-9-17-30)37(46)43(28)44-35(26-36(45)40-3)29(2)41-38(44)39(31-18-10-5-11-19-31,32-20-12-6-13-21-32)33-22-14-7-15-23-33/h4-25,42H,3,26-27H2,1-2H3. The van der Waals surface area contributed by atoms with Gasteiger partial charge in [0.15, 0.2) is 0 Å². The van der Waals surface area contributed by atoms with Gasteiger partial charge in [-0.15, -0.1) is 0 Å². The van der Waals surface area contributed by atoms with Crippen LogP contribution in [-0.4, -0.2) is 35.4 Å². The van der Waals surface area contributed by atoms with Crippen molar-refractivity contribution in [3.05, 3.63) is 189 Å². The van der Waals surface area contributed by atoms with Crippen molar-refractivity contribution in [3.8, 4) is 0 Å². The molecule has 0 unspecified atom stereocenters. The Hall–Kier alpha value is -5.87. The van der Waals surface area contributed by atoms with Crippen molar-refractivity contribution in [1.82, 2.24) is 14.3 Å². The second-order valence-electron chi connectivity index (χ2n) is 11.7. The summed E-state index contributed by atoms with van der Waals surface area (Å²) in [6.45, 7) is 6.96. The number of imidazole rings is 1. The van der Waals surface area contributed by atoms with E-state index in [9.17, 15) is 18.0 Å². The van der Waals surface area contributed by atoms with Gasteiger partial charge in [-0.1, -0.05) is 121 Å². The van der Waals surface area contributed by atoms with Crippen molar-refractivity contribution in [3.63, 3.8) is 0 Å². The van der Waals surface area contributed by atoms with Crippen molar-refractivity contribution < 1.29 is 13.2 Å². The molecular weight excluding hydrogens is 635 g/mol. The number of nitrogens with zero attached hydrogens (tertiary/aromatic N) is 4. The molecule has 0 saturated heterocycles. The third-order valence-electron chi connectivity index (χ3n) is 8.51. The topological polar surface area (TPSA) is 115 Å². The summed E-state index contributed by atoms with van der Waals surface area (Å²) in [5.41, 5.74) is 2.67. The minimum atomic E-state index is -3.98. The van der Waals surface area contributed by atoms with Crippen molar-refractivity contribution in [2.45, 2.75) is 31.4 Å². The Balaban J connectivity index is 1.69. The van der Waals surface area contributed by atoms with Gasteiger partial charge in [-0.05, 0) is 55.0 Å². The van der Waals surface area contributed by atoms with Crippen LogP contribution in [0.4, 0.5) is 5.69 Å². The summed E-state index contributed by atoms with van der Waals surface area (Å²) >= 11 is 0. The minimum Gasteiger partial charge on any atom is -0.278 e. The van der Waals surface area contributed by atoms with E-state index in [1.807, 2.05) is 91.0 Å². The number of pyridine rings is 1. The Labute approximate surface area is 285 Å². The highest BCUT2D eigenvalue weighted by atomic mass is 32.2. The molecule has 0 aliphatic carbocycles. The number of aromatic nitrogens is 3. The van der Waals surface area contributed by atoms with Gasteiger partial charge in [0, 0.05) is 5.69 Å². The van der Waals surface area contributed by atoms with Crippen LogP contribution < -0.4 is 10.3 Å². The monoisotopic (exact) mass is 669 g/mol. The van der Waals surface area contributed by atoms with E-state index in [-0.39, 0.29) is 17.9 Å². The Morgan fingerprint density at radius 2 is 1.24 bits per heavy atom. The van der Waals surface area contributed by atoms with Gasteiger partial charge in [0.2, 0.25) is 10.0 Å². The number of aliphatic imine (C=N–C) groups is 1. The number of carbonyl (C=O) groups excluding carboxylic acids is 1. The lowest BCUT2D eigenvalue weighted by Gasteiger charge is -2.36. The average molecular weight is 670 g/mol. The molecule has 0 aliphatic heterocycles. The summed E-state index contributed by atoms with van der Waals surface area (Å²) < 4.78 is 32.2. The van der Waals surface area contributed by atoms with E-state index >= 15 is 0 Å². The molecule has 2 aromatic heterocycles. The fourth-order valence-electron chi connectivity index (χ4n) is 6.31. The van der Waals surface area contributed by atoms with E-state index in [1.54, 1.807) is 54.9 Å². The zero-order valence-electron chi connectivity index (χ0n) is 27.2. The van der Waals surface area contributed by atoms with Crippen LogP contribution in [0.5, 0.6) is 0 Å². The summed E-state index contributed by atoms with van der Waals surface area (Å²) in [7, 11) is -3.98. The number of benzene rings is 4. The Morgan fingerprint density at radius 1 is 0.755 bits per heavy atom. The van der Waals surface area contributed by atoms with Crippen LogP contribution in [0.25, 0.3) is 0 Å². The molecule has 1 N–H and O–H groups in total. The molecule has 9 nitrogen and oxygen atoms in total. The molecule has 2 heterocycles. The number of nitrogens with one attached hydrogen (secondary N) is 1. The Kier molecular flexibility index (Phi) is 9.24. The first kappa shape index (κ1) is 33.0. The van der Waals surface area contributed by atoms with Crippen LogP contribution in [0.1, 0.15) is 45.2 Å². The molecule has 0 fully saturated rings. The molecule has 6 rings (SSSR count). The maximum atomic E-state index is 14.6. The first-order valence-corrected chi connectivity index (χ1v) is 17.3. The van der Waals surface area contributed by atoms with Crippen molar-refractivity contribution in [2.24, 2.45) is 4.99 Å². The van der Waals surface area contributed by atoms with Gasteiger partial charge in [-0.3, -0.25) is 14.3 Å². The van der Waals surface area contributed by atoms with E-state index in [0.717, 1.165) is 16.7 Å². The molecule has 246 valence electrons. The lowest BCUT2D eigenvalue weighted by Crippen LogP contribution is -2.40. The normalized spacial score (nSPS) is 11.6. The molecule has 0 aliphatic rings. The van der Waals surface area contributed by atoms with E-state index < -0.39 is 26.9 Å². The maximum absolute atomic E-state index is 14.6. The first-order chi connectivity index (χ1) is 23.7. The highest BCUT2D eigenvalue weighted by Crippen LogP contribution is 2.45. The molecule has 49 heavy (non-hydrogen) atoms. The lowest BCUT2D eigenvalue weighted by molar-refractivity contribution is -0.117. The van der Waals surface area contributed by atoms with Gasteiger partial charge in [-0.2, -0.15) is 0 Å². The molecule has 0 bridgehead atoms. The summed E-state index contributed by atoms with van der Waals surface area (Å²) in [5, 5.41) is 0. The van der Waals surface area contributed by atoms with Crippen LogP contribution in [-0.2, 0) is 32.4 Å². The number of sulfonamides is 1. The van der Waals surface area contributed by atoms with E-state index in [0.29, 0.717) is 28.5 Å². The zero-order valence-corrected chi connectivity index (χ0v) is 28.0. The lowest BCUT2D eigenvalue weighted by atomic mass is 9.68. The van der Waals surface area contributed by atoms with E-state index in [1.165, 1.54) is 10.7 Å². The molecule has 1 amide bonds. The molecule has 6 aromatic rings. The Bertz CT molecular complexity index is 2190. The number of hydrogen-bond acceptors (Lipinski definition) is 5. The molecule has 0 atom stereocenters. The summed E-state index contributed by atoms with van der Waals surface area (Å²) in [5.74, 6) is -0.401. The number of aryl methyl sites for hydroxylation is 2. The summed E-state index contributed by atoms with van der Waals surface area (Å²) in [6.07, 6.45) is -0.202. The van der Waals surface area contributed by atoms with Crippen LogP contribution in [0.3, 0.4) is 0 Å². The number of amides is 1. The van der Waals surface area contributed by atoms with Gasteiger partial charge in [0.1, 0.15) is 16.9 Å². The fourth-order valence-corrected chi connectivity index (χ4v) is 7.50. The number of hydrogen-bond donors (Lipinski definition) is 1. The highest BCUT2D eigenvalue weighted by molar-refractivity contribution is 7.91. The third-order valence-corrected chi connectivity index (χ3v) is 9.76. The van der Waals surface area contributed by atoms with Crippen LogP contribution in [0.15, 0.2) is 143 Å². The summed E-state index contributed by atoms with van der Waals surface area (Å²) in [6, 6.07) is 41.4. The second-order valence-corrected chi connectivity index (χ2v) is 13.4. The number of carbonyl (C=O) groups is 1. The quantitative estimate of drug-likeness (QED) is 0.133. The molecule has 0 spiro atoms. The second kappa shape index (κ2) is 13.7. The van der Waals surface area contributed by atoms with Crippen LogP contribution in [0.2, 0.25) is 0 Å². The van der Waals surface area contributed by atoms with Crippen molar-refractivity contribution >= 4 is 28.3 Å². The maximum Gasteiger partial charge on any atom is 0.294 e. The molecule has 4 aromatic carbocycles. The third kappa shape index (κ3) is 6.38.